The van der Waals surface area contributed by atoms with Crippen LogP contribution < -0.4 is 11.3 Å². The molecule has 0 spiro atoms. The standard InChI is InChI=1S/C16H30N2O/c1-3-5-6-7-8-9-10-11-15(18-17)14-12-13-19-16(14)4-2/h12-13,15,18H,3-11,17H2,1-2H3. The summed E-state index contributed by atoms with van der Waals surface area (Å²) in [7, 11) is 0. The highest BCUT2D eigenvalue weighted by atomic mass is 16.3. The fraction of sp³-hybridized carbons (Fsp3) is 0.750. The number of hydrogen-bond donors (Lipinski definition) is 2. The van der Waals surface area contributed by atoms with Crippen molar-refractivity contribution in [1.82, 2.24) is 5.43 Å². The largest absolute Gasteiger partial charge is 0.469 e. The van der Waals surface area contributed by atoms with E-state index in [0.29, 0.717) is 0 Å². The fourth-order valence-corrected chi connectivity index (χ4v) is 2.58. The summed E-state index contributed by atoms with van der Waals surface area (Å²) in [4.78, 5) is 0. The van der Waals surface area contributed by atoms with Crippen LogP contribution in [0, 0.1) is 0 Å². The first-order valence-electron chi connectivity index (χ1n) is 7.85. The maximum absolute atomic E-state index is 5.68. The third-order valence-corrected chi connectivity index (χ3v) is 3.77. The topological polar surface area (TPSA) is 51.2 Å². The van der Waals surface area contributed by atoms with Crippen molar-refractivity contribution in [1.29, 1.82) is 0 Å². The van der Waals surface area contributed by atoms with E-state index in [2.05, 4.69) is 19.3 Å². The molecule has 0 bridgehead atoms. The molecular formula is C16H30N2O. The smallest absolute Gasteiger partial charge is 0.108 e. The van der Waals surface area contributed by atoms with E-state index in [0.717, 1.165) is 18.6 Å². The summed E-state index contributed by atoms with van der Waals surface area (Å²) in [5.41, 5.74) is 4.16. The number of nitrogens with one attached hydrogen (secondary N) is 1. The molecule has 1 rings (SSSR count). The van der Waals surface area contributed by atoms with Crippen molar-refractivity contribution in [3.63, 3.8) is 0 Å². The van der Waals surface area contributed by atoms with Crippen molar-refractivity contribution in [2.24, 2.45) is 5.84 Å². The van der Waals surface area contributed by atoms with Crippen LogP contribution in [-0.2, 0) is 6.42 Å². The van der Waals surface area contributed by atoms with Crippen molar-refractivity contribution < 1.29 is 4.42 Å². The predicted octanol–water partition coefficient (Wildman–Crippen LogP) is 4.49. The number of furan rings is 1. The molecule has 1 aromatic rings. The van der Waals surface area contributed by atoms with Gasteiger partial charge in [0.25, 0.3) is 0 Å². The first-order chi connectivity index (χ1) is 9.33. The normalized spacial score (nSPS) is 12.8. The van der Waals surface area contributed by atoms with Crippen LogP contribution in [0.5, 0.6) is 0 Å². The monoisotopic (exact) mass is 266 g/mol. The maximum atomic E-state index is 5.68. The Morgan fingerprint density at radius 1 is 1.11 bits per heavy atom. The van der Waals surface area contributed by atoms with Gasteiger partial charge in [-0.15, -0.1) is 0 Å². The molecule has 1 heterocycles. The van der Waals surface area contributed by atoms with Crippen molar-refractivity contribution in [2.75, 3.05) is 0 Å². The number of unbranched alkanes of at least 4 members (excludes halogenated alkanes) is 6. The molecule has 0 aliphatic rings. The zero-order valence-corrected chi connectivity index (χ0v) is 12.6. The lowest BCUT2D eigenvalue weighted by Gasteiger charge is -2.15. The zero-order chi connectivity index (χ0) is 13.9. The molecule has 0 aliphatic heterocycles. The van der Waals surface area contributed by atoms with Gasteiger partial charge in [0.1, 0.15) is 5.76 Å². The second-order valence-electron chi connectivity index (χ2n) is 5.28. The summed E-state index contributed by atoms with van der Waals surface area (Å²) in [6.45, 7) is 4.37. The fourth-order valence-electron chi connectivity index (χ4n) is 2.58. The summed E-state index contributed by atoms with van der Waals surface area (Å²) in [6.07, 6.45) is 13.1. The van der Waals surface area contributed by atoms with Gasteiger partial charge in [-0.1, -0.05) is 58.8 Å². The van der Waals surface area contributed by atoms with Crippen molar-refractivity contribution >= 4 is 0 Å². The van der Waals surface area contributed by atoms with Crippen LogP contribution in [0.1, 0.15) is 82.6 Å². The molecule has 19 heavy (non-hydrogen) atoms. The lowest BCUT2D eigenvalue weighted by atomic mass is 9.99. The molecule has 0 fully saturated rings. The molecule has 1 atom stereocenters. The Bertz CT molecular complexity index is 322. The zero-order valence-electron chi connectivity index (χ0n) is 12.6. The molecule has 0 radical (unpaired) electrons. The minimum Gasteiger partial charge on any atom is -0.469 e. The van der Waals surface area contributed by atoms with E-state index >= 15 is 0 Å². The number of aryl methyl sites for hydroxylation is 1. The second kappa shape index (κ2) is 10.0. The van der Waals surface area contributed by atoms with E-state index in [-0.39, 0.29) is 6.04 Å². The van der Waals surface area contributed by atoms with E-state index in [9.17, 15) is 0 Å². The van der Waals surface area contributed by atoms with Gasteiger partial charge in [-0.25, -0.2) is 0 Å². The summed E-state index contributed by atoms with van der Waals surface area (Å²) in [6, 6.07) is 2.29. The van der Waals surface area contributed by atoms with Crippen molar-refractivity contribution in [2.45, 2.75) is 77.7 Å². The molecule has 1 unspecified atom stereocenters. The van der Waals surface area contributed by atoms with Crippen molar-refractivity contribution in [3.05, 3.63) is 23.7 Å². The Balaban J connectivity index is 2.22. The van der Waals surface area contributed by atoms with Gasteiger partial charge in [-0.3, -0.25) is 11.3 Å². The van der Waals surface area contributed by atoms with Gasteiger partial charge in [0.05, 0.1) is 6.26 Å². The van der Waals surface area contributed by atoms with Gasteiger partial charge in [-0.2, -0.15) is 0 Å². The van der Waals surface area contributed by atoms with Crippen LogP contribution in [0.3, 0.4) is 0 Å². The summed E-state index contributed by atoms with van der Waals surface area (Å²) in [5.74, 6) is 6.74. The number of hydrogen-bond acceptors (Lipinski definition) is 3. The Hall–Kier alpha value is -0.800. The first-order valence-corrected chi connectivity index (χ1v) is 7.85. The average Bonchev–Trinajstić information content (AvgIpc) is 2.90. The predicted molar refractivity (Wildman–Crippen MR) is 80.8 cm³/mol. The van der Waals surface area contributed by atoms with Crippen LogP contribution in [0.2, 0.25) is 0 Å². The van der Waals surface area contributed by atoms with Gasteiger partial charge in [0, 0.05) is 18.0 Å². The maximum Gasteiger partial charge on any atom is 0.108 e. The van der Waals surface area contributed by atoms with Crippen LogP contribution >= 0.6 is 0 Å². The molecule has 0 aromatic carbocycles. The Morgan fingerprint density at radius 2 is 1.79 bits per heavy atom. The third-order valence-electron chi connectivity index (χ3n) is 3.77. The molecule has 1 aromatic heterocycles. The second-order valence-corrected chi connectivity index (χ2v) is 5.28. The third kappa shape index (κ3) is 5.79. The lowest BCUT2D eigenvalue weighted by molar-refractivity contribution is 0.454. The molecule has 0 saturated carbocycles. The van der Waals surface area contributed by atoms with E-state index in [1.54, 1.807) is 6.26 Å². The van der Waals surface area contributed by atoms with Crippen LogP contribution in [0.15, 0.2) is 16.7 Å². The van der Waals surface area contributed by atoms with Crippen molar-refractivity contribution in [3.8, 4) is 0 Å². The molecule has 3 N–H and O–H groups in total. The molecule has 3 nitrogen and oxygen atoms in total. The van der Waals surface area contributed by atoms with Crippen LogP contribution in [0.25, 0.3) is 0 Å². The number of nitrogens with two attached hydrogens (primary N) is 1. The summed E-state index contributed by atoms with van der Waals surface area (Å²) < 4.78 is 5.47. The molecular weight excluding hydrogens is 236 g/mol. The number of rotatable bonds is 11. The van der Waals surface area contributed by atoms with Crippen LogP contribution in [0.4, 0.5) is 0 Å². The Labute approximate surface area is 117 Å². The van der Waals surface area contributed by atoms with E-state index in [4.69, 9.17) is 10.3 Å². The van der Waals surface area contributed by atoms with Gasteiger partial charge in [0.15, 0.2) is 0 Å². The molecule has 0 amide bonds. The lowest BCUT2D eigenvalue weighted by Crippen LogP contribution is -2.28. The molecule has 0 saturated heterocycles. The minimum absolute atomic E-state index is 0.240. The summed E-state index contributed by atoms with van der Waals surface area (Å²) >= 11 is 0. The van der Waals surface area contributed by atoms with Crippen LogP contribution in [-0.4, -0.2) is 0 Å². The summed E-state index contributed by atoms with van der Waals surface area (Å²) in [5, 5.41) is 0. The molecule has 110 valence electrons. The average molecular weight is 266 g/mol. The van der Waals surface area contributed by atoms with Gasteiger partial charge in [0.2, 0.25) is 0 Å². The van der Waals surface area contributed by atoms with Gasteiger partial charge < -0.3 is 4.42 Å². The highest BCUT2D eigenvalue weighted by Crippen LogP contribution is 2.24. The van der Waals surface area contributed by atoms with E-state index < -0.39 is 0 Å². The van der Waals surface area contributed by atoms with Gasteiger partial charge in [-0.05, 0) is 12.5 Å². The highest BCUT2D eigenvalue weighted by Gasteiger charge is 2.15. The SMILES string of the molecule is CCCCCCCCCC(NN)c1ccoc1CC. The quantitative estimate of drug-likeness (QED) is 0.352. The molecule has 0 aliphatic carbocycles. The minimum atomic E-state index is 0.240. The highest BCUT2D eigenvalue weighted by molar-refractivity contribution is 5.21. The Morgan fingerprint density at radius 3 is 2.42 bits per heavy atom. The van der Waals surface area contributed by atoms with E-state index in [1.165, 1.54) is 50.5 Å². The molecule has 3 heteroatoms. The first kappa shape index (κ1) is 16.3. The number of hydrazine groups is 1. The van der Waals surface area contributed by atoms with E-state index in [1.807, 2.05) is 6.07 Å². The van der Waals surface area contributed by atoms with Gasteiger partial charge >= 0.3 is 0 Å². The Kier molecular flexibility index (Phi) is 8.59.